The molecular weight excluding hydrogens is 342 g/mol. The number of anilines is 1. The van der Waals surface area contributed by atoms with Crippen LogP contribution in [0.25, 0.3) is 0 Å². The third-order valence-corrected chi connectivity index (χ3v) is 4.38. The van der Waals surface area contributed by atoms with Crippen LogP contribution in [0.1, 0.15) is 11.6 Å². The van der Waals surface area contributed by atoms with E-state index in [-0.39, 0.29) is 6.04 Å². The van der Waals surface area contributed by atoms with Crippen molar-refractivity contribution in [3.05, 3.63) is 59.1 Å². The summed E-state index contributed by atoms with van der Waals surface area (Å²) in [6, 6.07) is 15.8. The van der Waals surface area contributed by atoms with Crippen molar-refractivity contribution in [2.45, 2.75) is 6.04 Å². The largest absolute Gasteiger partial charge is 0.497 e. The molecule has 3 N–H and O–H groups in total. The van der Waals surface area contributed by atoms with Crippen LogP contribution in [0.3, 0.4) is 0 Å². The smallest absolute Gasteiger partial charge is 0.171 e. The van der Waals surface area contributed by atoms with Gasteiger partial charge < -0.3 is 20.3 Å². The topological polar surface area (TPSA) is 37.7 Å². The highest BCUT2D eigenvalue weighted by atomic mass is 35.5. The summed E-state index contributed by atoms with van der Waals surface area (Å²) in [7, 11) is 5.86. The van der Waals surface area contributed by atoms with E-state index in [1.165, 1.54) is 4.90 Å². The van der Waals surface area contributed by atoms with Crippen LogP contribution in [0.5, 0.6) is 5.75 Å². The Balaban J connectivity index is 1.96. The summed E-state index contributed by atoms with van der Waals surface area (Å²) < 4.78 is 5.15. The maximum Gasteiger partial charge on any atom is 0.171 e. The normalized spacial score (nSPS) is 11.9. The lowest BCUT2D eigenvalue weighted by Gasteiger charge is -2.24. The van der Waals surface area contributed by atoms with Crippen molar-refractivity contribution in [2.24, 2.45) is 0 Å². The lowest BCUT2D eigenvalue weighted by molar-refractivity contribution is -0.890. The van der Waals surface area contributed by atoms with Crippen LogP contribution in [0.15, 0.2) is 48.5 Å². The van der Waals surface area contributed by atoms with Crippen molar-refractivity contribution >= 4 is 34.6 Å². The number of rotatable bonds is 6. The predicted octanol–water partition coefficient (Wildman–Crippen LogP) is 2.52. The standard InChI is InChI=1S/C18H22ClN3OS/c1-22(2)17(15-6-4-5-7-16(15)19)12-20-18(24)21-13-8-10-14(23-3)11-9-13/h4-11,17H,12H2,1-3H3,(H2,20,21,24)/p+1/t17-/m1/s1. The Morgan fingerprint density at radius 3 is 2.42 bits per heavy atom. The minimum atomic E-state index is 0.203. The Labute approximate surface area is 153 Å². The highest BCUT2D eigenvalue weighted by molar-refractivity contribution is 7.80. The van der Waals surface area contributed by atoms with Gasteiger partial charge in [-0.1, -0.05) is 29.8 Å². The van der Waals surface area contributed by atoms with Crippen LogP contribution in [0.2, 0.25) is 5.02 Å². The Morgan fingerprint density at radius 1 is 1.17 bits per heavy atom. The second-order valence-electron chi connectivity index (χ2n) is 5.71. The number of methoxy groups -OCH3 is 1. The quantitative estimate of drug-likeness (QED) is 0.689. The summed E-state index contributed by atoms with van der Waals surface area (Å²) in [6.45, 7) is 0.689. The van der Waals surface area contributed by atoms with Gasteiger partial charge in [0.1, 0.15) is 11.8 Å². The molecule has 6 heteroatoms. The van der Waals surface area contributed by atoms with Crippen molar-refractivity contribution in [1.29, 1.82) is 0 Å². The van der Waals surface area contributed by atoms with Crippen LogP contribution < -0.4 is 20.3 Å². The maximum absolute atomic E-state index is 6.34. The number of quaternary nitrogens is 1. The van der Waals surface area contributed by atoms with E-state index in [0.717, 1.165) is 22.0 Å². The molecule has 0 aliphatic rings. The van der Waals surface area contributed by atoms with Gasteiger partial charge in [0.15, 0.2) is 5.11 Å². The molecule has 0 fully saturated rings. The van der Waals surface area contributed by atoms with Crippen LogP contribution in [0, 0.1) is 0 Å². The first-order valence-corrected chi connectivity index (χ1v) is 8.53. The number of hydrogen-bond acceptors (Lipinski definition) is 2. The van der Waals surface area contributed by atoms with Crippen molar-refractivity contribution < 1.29 is 9.64 Å². The molecule has 1 atom stereocenters. The van der Waals surface area contributed by atoms with Crippen molar-refractivity contribution in [2.75, 3.05) is 33.1 Å². The number of ether oxygens (including phenoxy) is 1. The van der Waals surface area contributed by atoms with Crippen molar-refractivity contribution in [3.63, 3.8) is 0 Å². The fraction of sp³-hybridized carbons (Fsp3) is 0.278. The molecule has 2 aromatic carbocycles. The van der Waals surface area contributed by atoms with Crippen molar-refractivity contribution in [3.8, 4) is 5.75 Å². The summed E-state index contributed by atoms with van der Waals surface area (Å²) in [5.41, 5.74) is 2.03. The minimum absolute atomic E-state index is 0.203. The highest BCUT2D eigenvalue weighted by Crippen LogP contribution is 2.20. The van der Waals surface area contributed by atoms with Gasteiger partial charge in [-0.25, -0.2) is 0 Å². The fourth-order valence-electron chi connectivity index (χ4n) is 2.43. The van der Waals surface area contributed by atoms with Gasteiger partial charge >= 0.3 is 0 Å². The zero-order valence-corrected chi connectivity index (χ0v) is 15.7. The van der Waals surface area contributed by atoms with Gasteiger partial charge in [-0.15, -0.1) is 0 Å². The Kier molecular flexibility index (Phi) is 6.85. The minimum Gasteiger partial charge on any atom is -0.497 e. The molecule has 0 aliphatic heterocycles. The zero-order valence-electron chi connectivity index (χ0n) is 14.1. The highest BCUT2D eigenvalue weighted by Gasteiger charge is 2.20. The van der Waals surface area contributed by atoms with Crippen LogP contribution in [-0.2, 0) is 0 Å². The third kappa shape index (κ3) is 5.09. The van der Waals surface area contributed by atoms with Crippen LogP contribution >= 0.6 is 23.8 Å². The monoisotopic (exact) mass is 364 g/mol. The molecule has 4 nitrogen and oxygen atoms in total. The second kappa shape index (κ2) is 8.87. The SMILES string of the molecule is COc1ccc(NC(=S)NC[C@H](c2ccccc2Cl)[NH+](C)C)cc1. The summed E-state index contributed by atoms with van der Waals surface area (Å²) >= 11 is 11.7. The second-order valence-corrected chi connectivity index (χ2v) is 6.53. The van der Waals surface area contributed by atoms with Gasteiger partial charge in [0.25, 0.3) is 0 Å². The molecule has 0 unspecified atom stereocenters. The Morgan fingerprint density at radius 2 is 1.83 bits per heavy atom. The number of benzene rings is 2. The molecular formula is C18H23ClN3OS+. The molecule has 0 spiro atoms. The van der Waals surface area contributed by atoms with E-state index in [2.05, 4.69) is 30.8 Å². The molecule has 0 aliphatic carbocycles. The molecule has 24 heavy (non-hydrogen) atoms. The van der Waals surface area contributed by atoms with Gasteiger partial charge in [0.2, 0.25) is 0 Å². The molecule has 0 aromatic heterocycles. The molecule has 0 saturated carbocycles. The summed E-state index contributed by atoms with van der Waals surface area (Å²) in [5, 5.41) is 7.81. The number of nitrogens with one attached hydrogen (secondary N) is 3. The number of halogens is 1. The Hall–Kier alpha value is -1.82. The number of likely N-dealkylation sites (N-methyl/N-ethyl adjacent to an activating group) is 1. The van der Waals surface area contributed by atoms with Crippen LogP contribution in [0.4, 0.5) is 5.69 Å². The number of thiocarbonyl (C=S) groups is 1. The first-order valence-electron chi connectivity index (χ1n) is 7.74. The first kappa shape index (κ1) is 18.5. The van der Waals surface area contributed by atoms with E-state index in [4.69, 9.17) is 28.6 Å². The zero-order chi connectivity index (χ0) is 17.5. The van der Waals surface area contributed by atoms with Gasteiger partial charge in [0, 0.05) is 16.3 Å². The average molecular weight is 365 g/mol. The predicted molar refractivity (Wildman–Crippen MR) is 104 cm³/mol. The van der Waals surface area contributed by atoms with Crippen molar-refractivity contribution in [1.82, 2.24) is 5.32 Å². The molecule has 2 rings (SSSR count). The summed E-state index contributed by atoms with van der Waals surface area (Å²) in [6.07, 6.45) is 0. The maximum atomic E-state index is 6.34. The van der Waals surface area contributed by atoms with Gasteiger partial charge in [-0.3, -0.25) is 0 Å². The molecule has 0 bridgehead atoms. The summed E-state index contributed by atoms with van der Waals surface area (Å²) in [4.78, 5) is 1.28. The lowest BCUT2D eigenvalue weighted by Crippen LogP contribution is -3.07. The molecule has 0 radical (unpaired) electrons. The first-order chi connectivity index (χ1) is 11.5. The molecule has 0 amide bonds. The number of hydrogen-bond donors (Lipinski definition) is 3. The van der Waals surface area contributed by atoms with Crippen LogP contribution in [-0.4, -0.2) is 32.9 Å². The molecule has 128 valence electrons. The molecule has 0 saturated heterocycles. The third-order valence-electron chi connectivity index (χ3n) is 3.79. The average Bonchev–Trinajstić information content (AvgIpc) is 2.57. The fourth-order valence-corrected chi connectivity index (χ4v) is 2.90. The summed E-state index contributed by atoms with van der Waals surface area (Å²) in [5.74, 6) is 0.814. The van der Waals surface area contributed by atoms with Gasteiger partial charge in [-0.2, -0.15) is 0 Å². The van der Waals surface area contributed by atoms with E-state index < -0.39 is 0 Å². The Bertz CT molecular complexity index is 676. The molecule has 0 heterocycles. The van der Waals surface area contributed by atoms with Gasteiger partial charge in [0.05, 0.1) is 27.7 Å². The van der Waals surface area contributed by atoms with E-state index in [1.54, 1.807) is 7.11 Å². The lowest BCUT2D eigenvalue weighted by atomic mass is 10.1. The van der Waals surface area contributed by atoms with Gasteiger partial charge in [-0.05, 0) is 42.5 Å². The van der Waals surface area contributed by atoms with E-state index in [9.17, 15) is 0 Å². The van der Waals surface area contributed by atoms with E-state index in [1.807, 2.05) is 42.5 Å². The van der Waals surface area contributed by atoms with E-state index >= 15 is 0 Å². The molecule has 2 aromatic rings. The van der Waals surface area contributed by atoms with E-state index in [0.29, 0.717) is 11.7 Å².